The van der Waals surface area contributed by atoms with E-state index in [1.165, 1.54) is 4.88 Å². The Hall–Kier alpha value is -0.780. The van der Waals surface area contributed by atoms with Crippen molar-refractivity contribution >= 4 is 11.3 Å². The third-order valence-corrected chi connectivity index (χ3v) is 2.80. The van der Waals surface area contributed by atoms with Gasteiger partial charge in [-0.05, 0) is 32.4 Å². The smallest absolute Gasteiger partial charge is 0.122 e. The van der Waals surface area contributed by atoms with Gasteiger partial charge in [-0.2, -0.15) is 0 Å². The minimum Gasteiger partial charge on any atom is -0.378 e. The first kappa shape index (κ1) is 10.3. The third-order valence-electron chi connectivity index (χ3n) is 1.88. The molecular formula is C11H14OS. The van der Waals surface area contributed by atoms with Crippen LogP contribution in [0.2, 0.25) is 0 Å². The molecule has 0 aromatic carbocycles. The van der Waals surface area contributed by atoms with Crippen LogP contribution in [0.15, 0.2) is 12.1 Å². The summed E-state index contributed by atoms with van der Waals surface area (Å²) in [6, 6.07) is 4.02. The maximum atomic E-state index is 9.62. The molecule has 0 aliphatic carbocycles. The Morgan fingerprint density at radius 3 is 2.69 bits per heavy atom. The van der Waals surface area contributed by atoms with Crippen LogP contribution in [-0.4, -0.2) is 10.7 Å². The number of aliphatic hydroxyl groups is 1. The van der Waals surface area contributed by atoms with E-state index in [-0.39, 0.29) is 0 Å². The molecule has 1 rings (SSSR count). The van der Waals surface area contributed by atoms with Crippen molar-refractivity contribution in [1.82, 2.24) is 0 Å². The molecule has 0 saturated carbocycles. The van der Waals surface area contributed by atoms with E-state index in [1.807, 2.05) is 26.0 Å². The van der Waals surface area contributed by atoms with Crippen molar-refractivity contribution in [3.05, 3.63) is 21.9 Å². The maximum absolute atomic E-state index is 9.62. The van der Waals surface area contributed by atoms with Crippen LogP contribution in [0.1, 0.15) is 30.0 Å². The molecule has 1 N–H and O–H groups in total. The molecule has 0 aliphatic rings. The van der Waals surface area contributed by atoms with Crippen LogP contribution in [-0.2, 0) is 0 Å². The average molecular weight is 194 g/mol. The molecule has 0 amide bonds. The first-order valence-electron chi connectivity index (χ1n) is 4.35. The molecule has 0 radical (unpaired) electrons. The molecule has 13 heavy (non-hydrogen) atoms. The van der Waals surface area contributed by atoms with Gasteiger partial charge in [-0.15, -0.1) is 11.3 Å². The molecule has 0 spiro atoms. The van der Waals surface area contributed by atoms with Crippen LogP contribution in [0, 0.1) is 18.8 Å². The van der Waals surface area contributed by atoms with Crippen LogP contribution in [0.4, 0.5) is 0 Å². The Bertz CT molecular complexity index is 338. The van der Waals surface area contributed by atoms with E-state index in [4.69, 9.17) is 0 Å². The SMILES string of the molecule is CCC(C)(O)C#Cc1ccc(C)s1. The Morgan fingerprint density at radius 1 is 1.54 bits per heavy atom. The Labute approximate surface area is 83.4 Å². The minimum atomic E-state index is -0.849. The zero-order valence-electron chi connectivity index (χ0n) is 8.22. The van der Waals surface area contributed by atoms with Gasteiger partial charge in [0.15, 0.2) is 0 Å². The quantitative estimate of drug-likeness (QED) is 0.681. The molecule has 1 atom stereocenters. The van der Waals surface area contributed by atoms with Gasteiger partial charge in [-0.1, -0.05) is 18.8 Å². The zero-order valence-corrected chi connectivity index (χ0v) is 9.03. The molecular weight excluding hydrogens is 180 g/mol. The van der Waals surface area contributed by atoms with Crippen LogP contribution in [0.5, 0.6) is 0 Å². The fourth-order valence-electron chi connectivity index (χ4n) is 0.786. The second-order valence-corrected chi connectivity index (χ2v) is 4.58. The predicted octanol–water partition coefficient (Wildman–Crippen LogP) is 2.57. The standard InChI is InChI=1S/C11H14OS/c1-4-11(3,12)8-7-10-6-5-9(2)13-10/h5-6,12H,4H2,1-3H3. The van der Waals surface area contributed by atoms with Crippen molar-refractivity contribution in [2.45, 2.75) is 32.8 Å². The largest absolute Gasteiger partial charge is 0.378 e. The topological polar surface area (TPSA) is 20.2 Å². The number of hydrogen-bond acceptors (Lipinski definition) is 2. The molecule has 1 aromatic rings. The van der Waals surface area contributed by atoms with E-state index in [0.29, 0.717) is 6.42 Å². The highest BCUT2D eigenvalue weighted by Gasteiger charge is 2.12. The lowest BCUT2D eigenvalue weighted by molar-refractivity contribution is 0.118. The van der Waals surface area contributed by atoms with E-state index in [1.54, 1.807) is 18.3 Å². The second-order valence-electron chi connectivity index (χ2n) is 3.29. The van der Waals surface area contributed by atoms with E-state index in [2.05, 4.69) is 11.8 Å². The summed E-state index contributed by atoms with van der Waals surface area (Å²) in [6.07, 6.45) is 0.657. The molecule has 1 aromatic heterocycles. The summed E-state index contributed by atoms with van der Waals surface area (Å²) in [6.45, 7) is 5.71. The van der Waals surface area contributed by atoms with Crippen molar-refractivity contribution in [2.75, 3.05) is 0 Å². The maximum Gasteiger partial charge on any atom is 0.122 e. The summed E-state index contributed by atoms with van der Waals surface area (Å²) >= 11 is 1.65. The van der Waals surface area contributed by atoms with Gasteiger partial charge in [0.25, 0.3) is 0 Å². The normalized spacial score (nSPS) is 14.5. The van der Waals surface area contributed by atoms with Gasteiger partial charge in [0, 0.05) is 4.88 Å². The van der Waals surface area contributed by atoms with E-state index in [9.17, 15) is 5.11 Å². The third kappa shape index (κ3) is 3.22. The van der Waals surface area contributed by atoms with Crippen LogP contribution in [0.25, 0.3) is 0 Å². The van der Waals surface area contributed by atoms with Crippen molar-refractivity contribution in [3.63, 3.8) is 0 Å². The van der Waals surface area contributed by atoms with Crippen molar-refractivity contribution in [3.8, 4) is 11.8 Å². The van der Waals surface area contributed by atoms with Gasteiger partial charge in [-0.3, -0.25) is 0 Å². The highest BCUT2D eigenvalue weighted by molar-refractivity contribution is 7.12. The molecule has 0 bridgehead atoms. The lowest BCUT2D eigenvalue weighted by atomic mass is 10.1. The van der Waals surface area contributed by atoms with Gasteiger partial charge in [0.1, 0.15) is 5.60 Å². The molecule has 1 unspecified atom stereocenters. The lowest BCUT2D eigenvalue weighted by Crippen LogP contribution is -2.19. The Balaban J connectivity index is 2.78. The molecule has 2 heteroatoms. The van der Waals surface area contributed by atoms with Crippen molar-refractivity contribution in [1.29, 1.82) is 0 Å². The molecule has 1 heterocycles. The average Bonchev–Trinajstić information content (AvgIpc) is 2.48. The van der Waals surface area contributed by atoms with Crippen LogP contribution in [0.3, 0.4) is 0 Å². The Kier molecular flexibility index (Phi) is 3.13. The molecule has 0 saturated heterocycles. The molecule has 1 nitrogen and oxygen atoms in total. The van der Waals surface area contributed by atoms with Crippen molar-refractivity contribution < 1.29 is 5.11 Å². The highest BCUT2D eigenvalue weighted by atomic mass is 32.1. The number of hydrogen-bond donors (Lipinski definition) is 1. The summed E-state index contributed by atoms with van der Waals surface area (Å²) in [4.78, 5) is 2.27. The summed E-state index contributed by atoms with van der Waals surface area (Å²) in [5.74, 6) is 5.83. The fraction of sp³-hybridized carbons (Fsp3) is 0.455. The summed E-state index contributed by atoms with van der Waals surface area (Å²) in [7, 11) is 0. The van der Waals surface area contributed by atoms with E-state index in [0.717, 1.165) is 4.88 Å². The Morgan fingerprint density at radius 2 is 2.23 bits per heavy atom. The number of rotatable bonds is 1. The van der Waals surface area contributed by atoms with Crippen molar-refractivity contribution in [2.24, 2.45) is 0 Å². The lowest BCUT2D eigenvalue weighted by Gasteiger charge is -2.11. The number of aryl methyl sites for hydroxylation is 1. The van der Waals surface area contributed by atoms with Gasteiger partial charge >= 0.3 is 0 Å². The van der Waals surface area contributed by atoms with Gasteiger partial charge in [-0.25, -0.2) is 0 Å². The summed E-state index contributed by atoms with van der Waals surface area (Å²) < 4.78 is 0. The molecule has 0 fully saturated rings. The monoisotopic (exact) mass is 194 g/mol. The molecule has 70 valence electrons. The van der Waals surface area contributed by atoms with Gasteiger partial charge in [0.05, 0.1) is 4.88 Å². The number of thiophene rings is 1. The first-order valence-corrected chi connectivity index (χ1v) is 5.17. The van der Waals surface area contributed by atoms with Crippen LogP contribution >= 0.6 is 11.3 Å². The van der Waals surface area contributed by atoms with E-state index >= 15 is 0 Å². The summed E-state index contributed by atoms with van der Waals surface area (Å²) in [5, 5.41) is 9.62. The highest BCUT2D eigenvalue weighted by Crippen LogP contribution is 2.14. The molecule has 0 aliphatic heterocycles. The fourth-order valence-corrected chi connectivity index (χ4v) is 1.51. The first-order chi connectivity index (χ1) is 6.03. The summed E-state index contributed by atoms with van der Waals surface area (Å²) in [5.41, 5.74) is -0.849. The van der Waals surface area contributed by atoms with Crippen LogP contribution < -0.4 is 0 Å². The predicted molar refractivity (Wildman–Crippen MR) is 56.8 cm³/mol. The van der Waals surface area contributed by atoms with Gasteiger partial charge in [0.2, 0.25) is 0 Å². The van der Waals surface area contributed by atoms with Gasteiger partial charge < -0.3 is 5.11 Å². The zero-order chi connectivity index (χ0) is 9.90. The second kappa shape index (κ2) is 3.95. The minimum absolute atomic E-state index is 0.657. The van der Waals surface area contributed by atoms with E-state index < -0.39 is 5.60 Å².